The molecule has 21 aliphatic rings. The smallest absolute Gasteiger partial charge is 0.369 e. The van der Waals surface area contributed by atoms with Gasteiger partial charge in [-0.2, -0.15) is 26.3 Å². The molecule has 0 aromatic heterocycles. The first-order chi connectivity index (χ1) is 61.8. The Morgan fingerprint density at radius 2 is 0.674 bits per heavy atom. The second-order valence-electron chi connectivity index (χ2n) is 43.3. The quantitative estimate of drug-likeness (QED) is 0.0222. The van der Waals surface area contributed by atoms with Gasteiger partial charge in [0, 0.05) is 53.3 Å². The Morgan fingerprint density at radius 3 is 1.02 bits per heavy atom. The third-order valence-corrected chi connectivity index (χ3v) is 40.5. The van der Waals surface area contributed by atoms with Gasteiger partial charge in [-0.05, 0) is 244 Å². The Morgan fingerprint density at radius 1 is 0.379 bits per heavy atom. The molecule has 0 aromatic rings. The van der Waals surface area contributed by atoms with Gasteiger partial charge in [-0.1, -0.05) is 20.8 Å². The van der Waals surface area contributed by atoms with Crippen LogP contribution in [0.25, 0.3) is 0 Å². The lowest BCUT2D eigenvalue weighted by molar-refractivity contribution is -0.192. The first-order valence-corrected chi connectivity index (χ1v) is 51.5. The van der Waals surface area contributed by atoms with Crippen molar-refractivity contribution in [2.75, 3.05) is 0 Å². The van der Waals surface area contributed by atoms with Gasteiger partial charge in [0.1, 0.15) is 53.4 Å². The zero-order valence-electron chi connectivity index (χ0n) is 73.7. The lowest BCUT2D eigenvalue weighted by Gasteiger charge is -2.48. The number of carbonyl (C=O) groups is 12. The molecule has 3 saturated heterocycles. The first kappa shape index (κ1) is 93.9. The Labute approximate surface area is 757 Å². The molecule has 42 heteroatoms. The summed E-state index contributed by atoms with van der Waals surface area (Å²) in [7, 11) is -18.2. The summed E-state index contributed by atoms with van der Waals surface area (Å²) in [5, 5.41) is -14.5. The summed E-state index contributed by atoms with van der Waals surface area (Å²) in [5.74, 6) is -5.29. The van der Waals surface area contributed by atoms with E-state index in [1.807, 2.05) is 6.92 Å². The standard InChI is InChI=1S/C31H40F2O11S.C30H38F2O11S.C29H36F2O11S/c1-12(2)30(11-16-9-19(30)23-15-5-4-14(8-15)22(16)23)44-29(37)25-18-10-17-24(25)28(36)43-27(17)26(18)42-21(35)7-6-20(34)41-13(3)31(32,33)45(38,39)40;1-3-29(11-15-9-18(29)22-14-5-4-13(8-14)21(15)22)43-28(36)24-17-10-16-23(24)27(35)42-26(16)25(17)41-20(34)7-6-19(33)40-12(2)30(31,32)44(37,38)39;1-11(29(30,31)43(36,37)38)39-18(32)5-6-19(33)40-24-16-9-15-22(26(34)41-25(15)24)23(16)27(35)42-28(2)10-14-8-17(28)21-13-4-3-12(7-13)20(14)21/h12-19,22-27H,4-11H2,1-3H3,(H,38,39,40);12-18,21-26H,3-11H2,1-2H3,(H,37,38,39);11-17,20-25H,3-10H2,1-2H3,(H,36,37,38)/p-3. The highest BCUT2D eigenvalue weighted by Gasteiger charge is 2.78. The number of halogens is 6. The minimum Gasteiger partial charge on any atom is -0.743 e. The van der Waals surface area contributed by atoms with Crippen LogP contribution in [0.15, 0.2) is 0 Å². The van der Waals surface area contributed by atoms with Crippen LogP contribution in [0, 0.1) is 183 Å². The molecule has 18 aliphatic carbocycles. The van der Waals surface area contributed by atoms with Crippen molar-refractivity contribution < 1.29 is 180 Å². The number of alkyl halides is 6. The van der Waals surface area contributed by atoms with Crippen molar-refractivity contribution in [2.45, 2.75) is 296 Å². The summed E-state index contributed by atoms with van der Waals surface area (Å²) in [4.78, 5) is 155. The third kappa shape index (κ3) is 14.7. The second-order valence-corrected chi connectivity index (χ2v) is 47.7. The molecule has 18 bridgehead atoms. The van der Waals surface area contributed by atoms with Crippen LogP contribution >= 0.6 is 0 Å². The fourth-order valence-electron chi connectivity index (χ4n) is 32.9. The van der Waals surface area contributed by atoms with Gasteiger partial charge in [0.2, 0.25) is 0 Å². The largest absolute Gasteiger partial charge is 0.743 e. The molecule has 18 saturated carbocycles. The fraction of sp³-hybridized carbons (Fsp3) is 0.867. The van der Waals surface area contributed by atoms with Crippen LogP contribution < -0.4 is 0 Å². The van der Waals surface area contributed by atoms with Gasteiger partial charge in [-0.3, -0.25) is 57.5 Å². The van der Waals surface area contributed by atoms with E-state index in [1.165, 1.54) is 57.8 Å². The fourth-order valence-corrected chi connectivity index (χ4v) is 34.2. The van der Waals surface area contributed by atoms with Crippen LogP contribution in [0.5, 0.6) is 0 Å². The molecule has 132 heavy (non-hydrogen) atoms. The van der Waals surface area contributed by atoms with Gasteiger partial charge in [-0.15, -0.1) is 0 Å². The van der Waals surface area contributed by atoms with E-state index in [4.69, 9.17) is 42.6 Å². The van der Waals surface area contributed by atoms with E-state index in [1.54, 1.807) is 0 Å². The first-order valence-electron chi connectivity index (χ1n) is 47.3. The van der Waals surface area contributed by atoms with Crippen LogP contribution in [0.4, 0.5) is 26.3 Å². The molecule has 0 N–H and O–H groups in total. The van der Waals surface area contributed by atoms with Crippen molar-refractivity contribution >= 4 is 102 Å². The molecule has 0 radical (unpaired) electrons. The molecule has 3 aliphatic heterocycles. The zero-order valence-corrected chi connectivity index (χ0v) is 76.2. The van der Waals surface area contributed by atoms with E-state index in [2.05, 4.69) is 35.0 Å². The van der Waals surface area contributed by atoms with Crippen molar-refractivity contribution in [2.24, 2.45) is 183 Å². The molecule has 0 aromatic carbocycles. The maximum Gasteiger partial charge on any atom is 0.369 e. The number of rotatable bonds is 29. The summed E-state index contributed by atoms with van der Waals surface area (Å²) in [6.45, 7) is 9.97. The molecule has 732 valence electrons. The van der Waals surface area contributed by atoms with Gasteiger partial charge in [0.05, 0.1) is 74.0 Å². The van der Waals surface area contributed by atoms with Crippen LogP contribution in [0.3, 0.4) is 0 Å². The van der Waals surface area contributed by atoms with E-state index in [0.717, 1.165) is 74.0 Å². The normalized spacial score (nSPS) is 44.9. The van der Waals surface area contributed by atoms with E-state index in [0.29, 0.717) is 117 Å². The van der Waals surface area contributed by atoms with Crippen LogP contribution in [-0.4, -0.2) is 198 Å². The molecule has 33 nitrogen and oxygen atoms in total. The van der Waals surface area contributed by atoms with Gasteiger partial charge in [-0.25, -0.2) is 25.3 Å². The Kier molecular flexibility index (Phi) is 23.2. The molecular weight excluding hydrogens is 1820 g/mol. The lowest BCUT2D eigenvalue weighted by Crippen LogP contribution is -2.53. The molecule has 0 spiro atoms. The monoisotopic (exact) mass is 1930 g/mol. The maximum absolute atomic E-state index is 14.1. The van der Waals surface area contributed by atoms with Gasteiger partial charge < -0.3 is 70.5 Å². The van der Waals surface area contributed by atoms with Gasteiger partial charge in [0.15, 0.2) is 48.7 Å². The molecule has 21 fully saturated rings. The third-order valence-electron chi connectivity index (χ3n) is 37.5. The second kappa shape index (κ2) is 32.5. The van der Waals surface area contributed by atoms with Crippen molar-refractivity contribution in [1.82, 2.24) is 0 Å². The molecule has 42 unspecified atom stereocenters. The Bertz CT molecular complexity index is 5150. The molecule has 42 atom stereocenters. The molecule has 3 heterocycles. The Balaban J connectivity index is 0.000000128. The number of hydrogen-bond donors (Lipinski definition) is 0. The van der Waals surface area contributed by atoms with Crippen molar-refractivity contribution in [3.05, 3.63) is 0 Å². The number of carbonyl (C=O) groups excluding carboxylic acids is 12. The Hall–Kier alpha value is -7.05. The molecular formula is C90H111F6O33S3-3. The van der Waals surface area contributed by atoms with Crippen LogP contribution in [0.1, 0.15) is 209 Å². The average molecular weight is 1930 g/mol. The number of hydrogen-bond acceptors (Lipinski definition) is 33. The summed E-state index contributed by atoms with van der Waals surface area (Å²) in [6, 6.07) is 0. The zero-order chi connectivity index (χ0) is 94.7. The topological polar surface area (TPSA) is 487 Å². The highest BCUT2D eigenvalue weighted by Crippen LogP contribution is 2.75. The van der Waals surface area contributed by atoms with Gasteiger partial charge in [0.25, 0.3) is 0 Å². The summed E-state index contributed by atoms with van der Waals surface area (Å²) >= 11 is 0. The van der Waals surface area contributed by atoms with Crippen molar-refractivity contribution in [1.29, 1.82) is 0 Å². The average Bonchev–Trinajstić information content (AvgIpc) is 1.55. The van der Waals surface area contributed by atoms with E-state index in [9.17, 15) is 123 Å². The van der Waals surface area contributed by atoms with Gasteiger partial charge >= 0.3 is 87.4 Å². The van der Waals surface area contributed by atoms with E-state index >= 15 is 0 Å². The maximum atomic E-state index is 14.1. The summed E-state index contributed by atoms with van der Waals surface area (Å²) in [5.41, 5.74) is -1.74. The SMILES string of the molecule is CC(C)C1(OC(=O)C2C3CC4C(OC(=O)C42)C3OC(=O)CCC(=O)OC(C)C(F)(F)S(=O)(=O)[O-])CC2CC1C1C3CCC(C3)C21.CC(OC(=O)CCC(=O)OC1C2CC3C1OC(=O)C3C2C(=O)OC1(C)CC2CC1C1C3CCC(C3)C21)C(F)(F)S(=O)(=O)[O-].CCC1(OC(=O)C2C3CC4C(OC(=O)C42)C3OC(=O)CCC(=O)OC(C)C(F)(F)S(=O)(=O)[O-])CC2CC1C1C3CCC(C3)C21. The minimum atomic E-state index is -6.08. The number of fused-ring (bicyclic) bond motifs is 30. The number of esters is 12. The van der Waals surface area contributed by atoms with Crippen LogP contribution in [0.2, 0.25) is 0 Å². The molecule has 0 amide bonds. The number of ether oxygens (including phenoxy) is 12. The highest BCUT2D eigenvalue weighted by atomic mass is 32.2. The van der Waals surface area contributed by atoms with Crippen molar-refractivity contribution in [3.8, 4) is 0 Å². The summed E-state index contributed by atoms with van der Waals surface area (Å²) < 4.78 is 245. The minimum absolute atomic E-state index is 0.100. The van der Waals surface area contributed by atoms with Crippen molar-refractivity contribution in [3.63, 3.8) is 0 Å². The highest BCUT2D eigenvalue weighted by molar-refractivity contribution is 7.87. The van der Waals surface area contributed by atoms with Crippen LogP contribution in [-0.2, 0) is 145 Å². The summed E-state index contributed by atoms with van der Waals surface area (Å²) in [6.07, 6.45) is 2.70. The lowest BCUT2D eigenvalue weighted by atomic mass is 9.63. The van der Waals surface area contributed by atoms with E-state index < -0.39 is 281 Å². The predicted molar refractivity (Wildman–Crippen MR) is 423 cm³/mol. The van der Waals surface area contributed by atoms with E-state index in [-0.39, 0.29) is 23.7 Å². The molecule has 21 rings (SSSR count). The predicted octanol–water partition coefficient (Wildman–Crippen LogP) is 8.71.